The number of halogens is 1. The van der Waals surface area contributed by atoms with Gasteiger partial charge in [0.2, 0.25) is 23.2 Å². The van der Waals surface area contributed by atoms with Gasteiger partial charge in [-0.25, -0.2) is 0 Å². The maximum atomic E-state index is 13.1. The van der Waals surface area contributed by atoms with E-state index in [2.05, 4.69) is 45.0 Å². The second kappa shape index (κ2) is 9.36. The average molecular weight is 499 g/mol. The quantitative estimate of drug-likeness (QED) is 0.408. The van der Waals surface area contributed by atoms with E-state index in [9.17, 15) is 4.79 Å². The number of thioether (sulfide) groups is 1. The summed E-state index contributed by atoms with van der Waals surface area (Å²) in [5.74, 6) is 1.71. The van der Waals surface area contributed by atoms with Crippen LogP contribution in [0, 0.1) is 5.92 Å². The molecule has 0 bridgehead atoms. The molecule has 1 atom stereocenters. The minimum absolute atomic E-state index is 0.0485. The van der Waals surface area contributed by atoms with Crippen LogP contribution in [0.4, 0.5) is 5.69 Å². The number of para-hydroxylation sites is 1. The Morgan fingerprint density at radius 2 is 2.00 bits per heavy atom. The number of anilines is 1. The largest absolute Gasteiger partial charge is 0.447 e. The third-order valence-corrected chi connectivity index (χ3v) is 6.52. The number of ether oxygens (including phenoxy) is 1. The second-order valence-corrected chi connectivity index (χ2v) is 9.52. The summed E-state index contributed by atoms with van der Waals surface area (Å²) in [5.41, 5.74) is 2.89. The summed E-state index contributed by atoms with van der Waals surface area (Å²) in [6.07, 6.45) is -0.334. The molecule has 0 N–H and O–H groups in total. The molecule has 3 aromatic rings. The smallest absolute Gasteiger partial charge is 0.247 e. The Morgan fingerprint density at radius 3 is 2.74 bits per heavy atom. The minimum atomic E-state index is -0.674. The summed E-state index contributed by atoms with van der Waals surface area (Å²) in [6.45, 7) is 6.14. The SMILES string of the molecule is CCC(=O)N1c2ccccc2-c2nnc(SCC(C)C)nc2OC1c1cccc(Br)c1. The second-order valence-electron chi connectivity index (χ2n) is 7.61. The average Bonchev–Trinajstić information content (AvgIpc) is 2.91. The van der Waals surface area contributed by atoms with E-state index in [0.29, 0.717) is 29.1 Å². The Balaban J connectivity index is 1.89. The van der Waals surface area contributed by atoms with E-state index in [1.165, 1.54) is 0 Å². The molecule has 1 unspecified atom stereocenters. The number of carbonyl (C=O) groups excluding carboxylic acids is 1. The van der Waals surface area contributed by atoms with Crippen molar-refractivity contribution in [2.45, 2.75) is 38.6 Å². The molecule has 0 saturated carbocycles. The Labute approximate surface area is 194 Å². The fraction of sp³-hybridized carbons (Fsp3) is 0.304. The highest BCUT2D eigenvalue weighted by Crippen LogP contribution is 2.43. The van der Waals surface area contributed by atoms with Crippen molar-refractivity contribution in [3.8, 4) is 17.1 Å². The van der Waals surface area contributed by atoms with Gasteiger partial charge in [0, 0.05) is 27.8 Å². The highest BCUT2D eigenvalue weighted by molar-refractivity contribution is 9.10. The molecule has 1 aromatic heterocycles. The third-order valence-electron chi connectivity index (χ3n) is 4.76. The van der Waals surface area contributed by atoms with Gasteiger partial charge < -0.3 is 4.74 Å². The standard InChI is InChI=1S/C23H23BrN4O2S/c1-4-19(29)28-18-11-6-5-10-17(18)20-21(25-23(27-26-20)31-13-14(2)3)30-22(28)15-8-7-9-16(24)12-15/h5-12,14,22H,4,13H2,1-3H3. The van der Waals surface area contributed by atoms with Gasteiger partial charge in [0.05, 0.1) is 5.69 Å². The van der Waals surface area contributed by atoms with Gasteiger partial charge >= 0.3 is 0 Å². The van der Waals surface area contributed by atoms with Crippen molar-refractivity contribution in [3.05, 3.63) is 58.6 Å². The van der Waals surface area contributed by atoms with Crippen molar-refractivity contribution in [3.63, 3.8) is 0 Å². The summed E-state index contributed by atoms with van der Waals surface area (Å²) in [4.78, 5) is 19.5. The van der Waals surface area contributed by atoms with Crippen molar-refractivity contribution in [2.24, 2.45) is 5.92 Å². The zero-order valence-electron chi connectivity index (χ0n) is 17.6. The number of benzene rings is 2. The predicted octanol–water partition coefficient (Wildman–Crippen LogP) is 5.88. The molecule has 31 heavy (non-hydrogen) atoms. The Kier molecular flexibility index (Phi) is 6.57. The highest BCUT2D eigenvalue weighted by atomic mass is 79.9. The first-order chi connectivity index (χ1) is 15.0. The van der Waals surface area contributed by atoms with Crippen molar-refractivity contribution in [1.82, 2.24) is 15.2 Å². The topological polar surface area (TPSA) is 68.2 Å². The van der Waals surface area contributed by atoms with Gasteiger partial charge in [0.1, 0.15) is 0 Å². The van der Waals surface area contributed by atoms with Crippen LogP contribution in [0.1, 0.15) is 39.0 Å². The van der Waals surface area contributed by atoms with Crippen LogP contribution in [0.2, 0.25) is 0 Å². The first-order valence-corrected chi connectivity index (χ1v) is 12.0. The summed E-state index contributed by atoms with van der Waals surface area (Å²) in [6, 6.07) is 15.4. The van der Waals surface area contributed by atoms with E-state index in [0.717, 1.165) is 27.0 Å². The van der Waals surface area contributed by atoms with Gasteiger partial charge in [-0.3, -0.25) is 9.69 Å². The maximum Gasteiger partial charge on any atom is 0.247 e. The molecule has 8 heteroatoms. The molecule has 0 aliphatic carbocycles. The first kappa shape index (κ1) is 21.8. The zero-order valence-corrected chi connectivity index (χ0v) is 20.0. The van der Waals surface area contributed by atoms with Gasteiger partial charge in [-0.05, 0) is 24.1 Å². The van der Waals surface area contributed by atoms with E-state index in [1.54, 1.807) is 16.7 Å². The van der Waals surface area contributed by atoms with E-state index >= 15 is 0 Å². The summed E-state index contributed by atoms with van der Waals surface area (Å²) in [7, 11) is 0. The lowest BCUT2D eigenvalue weighted by Gasteiger charge is -2.30. The van der Waals surface area contributed by atoms with Crippen molar-refractivity contribution in [1.29, 1.82) is 0 Å². The molecule has 0 fully saturated rings. The van der Waals surface area contributed by atoms with Gasteiger partial charge in [-0.1, -0.05) is 78.8 Å². The number of hydrogen-bond acceptors (Lipinski definition) is 6. The third kappa shape index (κ3) is 4.60. The lowest BCUT2D eigenvalue weighted by atomic mass is 10.1. The lowest BCUT2D eigenvalue weighted by molar-refractivity contribution is -0.120. The van der Waals surface area contributed by atoms with Crippen LogP contribution in [-0.4, -0.2) is 26.8 Å². The van der Waals surface area contributed by atoms with Crippen LogP contribution >= 0.6 is 27.7 Å². The zero-order chi connectivity index (χ0) is 22.0. The Morgan fingerprint density at radius 1 is 1.19 bits per heavy atom. The van der Waals surface area contributed by atoms with Crippen molar-refractivity contribution in [2.75, 3.05) is 10.7 Å². The fourth-order valence-electron chi connectivity index (χ4n) is 3.33. The van der Waals surface area contributed by atoms with Crippen LogP contribution in [0.25, 0.3) is 11.3 Å². The molecule has 1 amide bonds. The number of amides is 1. The number of hydrogen-bond donors (Lipinski definition) is 0. The van der Waals surface area contributed by atoms with Crippen molar-refractivity contribution < 1.29 is 9.53 Å². The maximum absolute atomic E-state index is 13.1. The molecule has 4 rings (SSSR count). The molecule has 1 aliphatic rings. The van der Waals surface area contributed by atoms with Gasteiger partial charge in [-0.15, -0.1) is 10.2 Å². The van der Waals surface area contributed by atoms with Crippen molar-refractivity contribution >= 4 is 39.3 Å². The fourth-order valence-corrected chi connectivity index (χ4v) is 4.48. The molecule has 0 saturated heterocycles. The number of carbonyl (C=O) groups is 1. The normalized spacial score (nSPS) is 15.1. The van der Waals surface area contributed by atoms with Crippen LogP contribution in [0.15, 0.2) is 58.2 Å². The van der Waals surface area contributed by atoms with Gasteiger partial charge in [0.15, 0.2) is 5.69 Å². The summed E-state index contributed by atoms with van der Waals surface area (Å²) < 4.78 is 7.33. The molecule has 0 spiro atoms. The number of fused-ring (bicyclic) bond motifs is 3. The van der Waals surface area contributed by atoms with Crippen LogP contribution in [-0.2, 0) is 4.79 Å². The van der Waals surface area contributed by atoms with E-state index in [4.69, 9.17) is 4.74 Å². The molecule has 1 aliphatic heterocycles. The molecule has 2 heterocycles. The number of aromatic nitrogens is 3. The van der Waals surface area contributed by atoms with E-state index in [1.807, 2.05) is 55.5 Å². The van der Waals surface area contributed by atoms with Crippen LogP contribution in [0.3, 0.4) is 0 Å². The molecule has 2 aromatic carbocycles. The molecule has 160 valence electrons. The summed E-state index contributed by atoms with van der Waals surface area (Å²) in [5, 5.41) is 9.34. The highest BCUT2D eigenvalue weighted by Gasteiger charge is 2.35. The Hall–Kier alpha value is -2.45. The predicted molar refractivity (Wildman–Crippen MR) is 126 cm³/mol. The monoisotopic (exact) mass is 498 g/mol. The number of rotatable bonds is 5. The summed E-state index contributed by atoms with van der Waals surface area (Å²) >= 11 is 5.08. The lowest BCUT2D eigenvalue weighted by Crippen LogP contribution is -2.37. The van der Waals surface area contributed by atoms with Gasteiger partial charge in [-0.2, -0.15) is 4.98 Å². The van der Waals surface area contributed by atoms with Crippen LogP contribution in [0.5, 0.6) is 5.88 Å². The first-order valence-electron chi connectivity index (χ1n) is 10.2. The van der Waals surface area contributed by atoms with Crippen LogP contribution < -0.4 is 9.64 Å². The minimum Gasteiger partial charge on any atom is -0.447 e. The molecular weight excluding hydrogens is 476 g/mol. The van der Waals surface area contributed by atoms with E-state index < -0.39 is 6.23 Å². The molecule has 0 radical (unpaired) electrons. The number of nitrogens with zero attached hydrogens (tertiary/aromatic N) is 4. The molecule has 6 nitrogen and oxygen atoms in total. The van der Waals surface area contributed by atoms with E-state index in [-0.39, 0.29) is 5.91 Å². The van der Waals surface area contributed by atoms with Gasteiger partial charge in [0.25, 0.3) is 0 Å². The Bertz CT molecular complexity index is 1110. The molecular formula is C23H23BrN4O2S.